The summed E-state index contributed by atoms with van der Waals surface area (Å²) in [7, 11) is 1.68. The van der Waals surface area contributed by atoms with Crippen LogP contribution in [0.4, 0.5) is 5.82 Å². The molecule has 5 nitrogen and oxygen atoms in total. The molecular weight excluding hydrogens is 266 g/mol. The van der Waals surface area contributed by atoms with E-state index in [1.54, 1.807) is 13.3 Å². The van der Waals surface area contributed by atoms with Crippen LogP contribution in [0.25, 0.3) is 0 Å². The van der Waals surface area contributed by atoms with Crippen molar-refractivity contribution < 1.29 is 9.53 Å². The lowest BCUT2D eigenvalue weighted by atomic mass is 10.0. The minimum absolute atomic E-state index is 0.0933. The summed E-state index contributed by atoms with van der Waals surface area (Å²) in [6.07, 6.45) is 1.81. The molecule has 3 heterocycles. The van der Waals surface area contributed by atoms with Crippen LogP contribution in [0, 0.1) is 17.8 Å². The molecule has 1 aromatic rings. The van der Waals surface area contributed by atoms with E-state index in [9.17, 15) is 4.79 Å². The normalized spacial score (nSPS) is 24.6. The molecule has 1 aromatic heterocycles. The van der Waals surface area contributed by atoms with Crippen LogP contribution in [0.5, 0.6) is 5.75 Å². The topological polar surface area (TPSA) is 45.7 Å². The minimum atomic E-state index is 0.0933. The average molecular weight is 289 g/mol. The molecule has 1 amide bonds. The van der Waals surface area contributed by atoms with Gasteiger partial charge in [0.25, 0.3) is 0 Å². The molecule has 2 aliphatic rings. The molecule has 2 atom stereocenters. The molecule has 114 valence electrons. The zero-order valence-corrected chi connectivity index (χ0v) is 13.0. The Labute approximate surface area is 125 Å². The summed E-state index contributed by atoms with van der Waals surface area (Å²) in [5.41, 5.74) is 0. The number of pyridine rings is 1. The summed E-state index contributed by atoms with van der Waals surface area (Å²) < 4.78 is 5.40. The van der Waals surface area contributed by atoms with Crippen LogP contribution in [0.15, 0.2) is 18.3 Å². The lowest BCUT2D eigenvalue weighted by molar-refractivity contribution is -0.133. The fraction of sp³-hybridized carbons (Fsp3) is 0.625. The van der Waals surface area contributed by atoms with Gasteiger partial charge in [0.1, 0.15) is 0 Å². The Morgan fingerprint density at radius 1 is 1.29 bits per heavy atom. The molecule has 21 heavy (non-hydrogen) atoms. The molecular formula is C16H23N3O2. The Hall–Kier alpha value is -1.78. The Morgan fingerprint density at radius 2 is 1.95 bits per heavy atom. The number of carbonyl (C=O) groups is 1. The van der Waals surface area contributed by atoms with Crippen LogP contribution in [-0.4, -0.2) is 49.1 Å². The van der Waals surface area contributed by atoms with E-state index in [4.69, 9.17) is 4.74 Å². The van der Waals surface area contributed by atoms with E-state index in [2.05, 4.69) is 9.88 Å². The van der Waals surface area contributed by atoms with Gasteiger partial charge < -0.3 is 14.5 Å². The zero-order valence-electron chi connectivity index (χ0n) is 13.0. The third-order valence-corrected chi connectivity index (χ3v) is 4.56. The second-order valence-corrected chi connectivity index (χ2v) is 6.35. The second-order valence-electron chi connectivity index (χ2n) is 6.35. The van der Waals surface area contributed by atoms with E-state index in [-0.39, 0.29) is 11.8 Å². The van der Waals surface area contributed by atoms with Crippen LogP contribution in [0.3, 0.4) is 0 Å². The number of nitrogens with zero attached hydrogens (tertiary/aromatic N) is 3. The van der Waals surface area contributed by atoms with E-state index in [0.717, 1.165) is 37.7 Å². The van der Waals surface area contributed by atoms with Gasteiger partial charge in [-0.1, -0.05) is 13.8 Å². The van der Waals surface area contributed by atoms with Crippen molar-refractivity contribution in [2.24, 2.45) is 17.8 Å². The average Bonchev–Trinajstić information content (AvgIpc) is 3.04. The van der Waals surface area contributed by atoms with Crippen molar-refractivity contribution in [3.8, 4) is 5.75 Å². The first kappa shape index (κ1) is 14.2. The van der Waals surface area contributed by atoms with Gasteiger partial charge >= 0.3 is 0 Å². The summed E-state index contributed by atoms with van der Waals surface area (Å²) in [5, 5.41) is 0. The van der Waals surface area contributed by atoms with Gasteiger partial charge in [0.2, 0.25) is 5.91 Å². The van der Waals surface area contributed by atoms with E-state index in [0.29, 0.717) is 11.8 Å². The fourth-order valence-electron chi connectivity index (χ4n) is 3.49. The fourth-order valence-corrected chi connectivity index (χ4v) is 3.49. The quantitative estimate of drug-likeness (QED) is 0.848. The van der Waals surface area contributed by atoms with Gasteiger partial charge in [-0.2, -0.15) is 0 Å². The Balaban J connectivity index is 1.68. The first-order valence-electron chi connectivity index (χ1n) is 7.63. The van der Waals surface area contributed by atoms with Crippen molar-refractivity contribution in [3.05, 3.63) is 18.3 Å². The van der Waals surface area contributed by atoms with E-state index in [1.807, 2.05) is 30.9 Å². The maximum atomic E-state index is 12.1. The highest BCUT2D eigenvalue weighted by Crippen LogP contribution is 2.36. The predicted octanol–water partition coefficient (Wildman–Crippen LogP) is 1.64. The van der Waals surface area contributed by atoms with E-state index < -0.39 is 0 Å². The van der Waals surface area contributed by atoms with E-state index >= 15 is 0 Å². The summed E-state index contributed by atoms with van der Waals surface area (Å²) in [6, 6.07) is 3.84. The highest BCUT2D eigenvalue weighted by molar-refractivity contribution is 5.78. The highest BCUT2D eigenvalue weighted by atomic mass is 16.5. The number of fused-ring (bicyclic) bond motifs is 1. The first-order valence-corrected chi connectivity index (χ1v) is 7.63. The molecule has 0 aliphatic carbocycles. The number of amides is 1. The summed E-state index contributed by atoms with van der Waals surface area (Å²) in [5.74, 6) is 3.24. The Kier molecular flexibility index (Phi) is 3.74. The molecule has 2 aliphatic heterocycles. The molecule has 5 heteroatoms. The van der Waals surface area contributed by atoms with Crippen molar-refractivity contribution in [3.63, 3.8) is 0 Å². The molecule has 2 fully saturated rings. The van der Waals surface area contributed by atoms with Gasteiger partial charge in [0.05, 0.1) is 7.11 Å². The summed E-state index contributed by atoms with van der Waals surface area (Å²) in [4.78, 5) is 20.9. The molecule has 3 rings (SSSR count). The number of aromatic nitrogens is 1. The zero-order chi connectivity index (χ0) is 15.0. The molecule has 2 unspecified atom stereocenters. The highest BCUT2D eigenvalue weighted by Gasteiger charge is 2.42. The molecule has 0 spiro atoms. The number of hydrogen-bond acceptors (Lipinski definition) is 4. The number of hydrogen-bond donors (Lipinski definition) is 0. The van der Waals surface area contributed by atoms with Crippen LogP contribution < -0.4 is 9.64 Å². The maximum Gasteiger partial charge on any atom is 0.225 e. The van der Waals surface area contributed by atoms with Crippen molar-refractivity contribution >= 4 is 11.7 Å². The number of rotatable bonds is 3. The van der Waals surface area contributed by atoms with Crippen molar-refractivity contribution in [1.29, 1.82) is 0 Å². The van der Waals surface area contributed by atoms with Gasteiger partial charge in [-0.25, -0.2) is 4.98 Å². The lowest BCUT2D eigenvalue weighted by Gasteiger charge is -2.24. The third-order valence-electron chi connectivity index (χ3n) is 4.56. The molecule has 0 N–H and O–H groups in total. The van der Waals surface area contributed by atoms with Crippen LogP contribution in [0.1, 0.15) is 13.8 Å². The number of methoxy groups -OCH3 is 1. The Bertz CT molecular complexity index is 518. The molecule has 0 aromatic carbocycles. The van der Waals surface area contributed by atoms with Gasteiger partial charge in [-0.05, 0) is 12.1 Å². The van der Waals surface area contributed by atoms with Gasteiger partial charge in [0.15, 0.2) is 11.6 Å². The molecule has 2 saturated heterocycles. The summed E-state index contributed by atoms with van der Waals surface area (Å²) in [6.45, 7) is 7.63. The predicted molar refractivity (Wildman–Crippen MR) is 81.4 cm³/mol. The van der Waals surface area contributed by atoms with Crippen LogP contribution >= 0.6 is 0 Å². The standard InChI is InChI=1S/C16H23N3O2/c1-11(2)16(20)19-9-12-7-18(8-13(12)10-19)15-14(21-3)5-4-6-17-15/h4-6,11-13H,7-10H2,1-3H3. The maximum absolute atomic E-state index is 12.1. The molecule has 0 radical (unpaired) electrons. The number of anilines is 1. The van der Waals surface area contributed by atoms with Gasteiger partial charge in [0, 0.05) is 50.1 Å². The minimum Gasteiger partial charge on any atom is -0.493 e. The molecule has 0 bridgehead atoms. The molecule has 0 saturated carbocycles. The summed E-state index contributed by atoms with van der Waals surface area (Å²) >= 11 is 0. The van der Waals surface area contributed by atoms with Crippen LogP contribution in [-0.2, 0) is 4.79 Å². The SMILES string of the molecule is COc1cccnc1N1CC2CN(C(=O)C(C)C)CC2C1. The van der Waals surface area contributed by atoms with Crippen molar-refractivity contribution in [2.45, 2.75) is 13.8 Å². The number of carbonyl (C=O) groups excluding carboxylic acids is 1. The monoisotopic (exact) mass is 289 g/mol. The van der Waals surface area contributed by atoms with E-state index in [1.165, 1.54) is 0 Å². The van der Waals surface area contributed by atoms with Crippen molar-refractivity contribution in [1.82, 2.24) is 9.88 Å². The smallest absolute Gasteiger partial charge is 0.225 e. The first-order chi connectivity index (χ1) is 10.1. The third kappa shape index (κ3) is 2.57. The largest absolute Gasteiger partial charge is 0.493 e. The van der Waals surface area contributed by atoms with Gasteiger partial charge in [-0.15, -0.1) is 0 Å². The van der Waals surface area contributed by atoms with Crippen molar-refractivity contribution in [2.75, 3.05) is 38.2 Å². The number of likely N-dealkylation sites (tertiary alicyclic amines) is 1. The number of ether oxygens (including phenoxy) is 1. The lowest BCUT2D eigenvalue weighted by Crippen LogP contribution is -2.35. The Morgan fingerprint density at radius 3 is 2.52 bits per heavy atom. The second kappa shape index (κ2) is 5.54. The van der Waals surface area contributed by atoms with Gasteiger partial charge in [-0.3, -0.25) is 4.79 Å². The van der Waals surface area contributed by atoms with Crippen LogP contribution in [0.2, 0.25) is 0 Å².